The van der Waals surface area contributed by atoms with Crippen LogP contribution in [0.3, 0.4) is 0 Å². The van der Waals surface area contributed by atoms with Gasteiger partial charge >= 0.3 is 0 Å². The molecule has 0 radical (unpaired) electrons. The van der Waals surface area contributed by atoms with Crippen LogP contribution in [-0.4, -0.2) is 81.4 Å². The number of nitrogens with zero attached hydrogens (tertiary/aromatic N) is 3. The minimum Gasteiger partial charge on any atom is -0.396 e. The van der Waals surface area contributed by atoms with Gasteiger partial charge in [0.15, 0.2) is 0 Å². The Morgan fingerprint density at radius 2 is 1.71 bits per heavy atom. The number of halogens is 2. The number of ether oxygens (including phenoxy) is 1. The number of carbonyl (C=O) groups is 3. The molecular weight excluding hydrogens is 658 g/mol. The molecule has 0 aliphatic carbocycles. The Morgan fingerprint density at radius 3 is 2.40 bits per heavy atom. The predicted molar refractivity (Wildman–Crippen MR) is 179 cm³/mol. The van der Waals surface area contributed by atoms with Crippen molar-refractivity contribution in [3.05, 3.63) is 90.5 Å². The minimum atomic E-state index is -1.19. The lowest BCUT2D eigenvalue weighted by Gasteiger charge is -2.37. The summed E-state index contributed by atoms with van der Waals surface area (Å²) in [5, 5.41) is 9.65. The van der Waals surface area contributed by atoms with Crippen molar-refractivity contribution in [2.75, 3.05) is 31.1 Å². The largest absolute Gasteiger partial charge is 0.396 e. The van der Waals surface area contributed by atoms with Crippen LogP contribution in [0.2, 0.25) is 5.02 Å². The first-order valence-electron chi connectivity index (χ1n) is 15.6. The number of aliphatic hydroxyl groups excluding tert-OH is 1. The van der Waals surface area contributed by atoms with E-state index in [4.69, 9.17) is 16.3 Å². The number of unbranched alkanes of at least 4 members (excludes halogenated alkanes) is 3. The third kappa shape index (κ3) is 6.37. The fourth-order valence-electron chi connectivity index (χ4n) is 7.34. The van der Waals surface area contributed by atoms with Gasteiger partial charge < -0.3 is 24.5 Å². The van der Waals surface area contributed by atoms with Crippen LogP contribution in [0.4, 0.5) is 5.69 Å². The molecule has 5 rings (SSSR count). The number of rotatable bonds is 15. The summed E-state index contributed by atoms with van der Waals surface area (Å²) in [7, 11) is 0. The summed E-state index contributed by atoms with van der Waals surface area (Å²) in [6.45, 7) is 9.06. The summed E-state index contributed by atoms with van der Waals surface area (Å²) >= 11 is 10.4. The summed E-state index contributed by atoms with van der Waals surface area (Å²) < 4.78 is 6.76. The SMILES string of the molecule is C=CCN(Cc1ccccc1)C(=O)[C@H]1[C@H]2C(=O)N(CCCCCCO)C(C(=O)N(CC=C)c3ccccc3Cl)C23CC(Br)[C@@H]1O3. The summed E-state index contributed by atoms with van der Waals surface area (Å²) in [5.41, 5.74) is 0.304. The molecule has 10 heteroatoms. The molecule has 3 aliphatic rings. The molecule has 3 unspecified atom stereocenters. The number of fused-ring (bicyclic) bond motifs is 1. The minimum absolute atomic E-state index is 0.110. The smallest absolute Gasteiger partial charge is 0.253 e. The number of hydrogen-bond donors (Lipinski definition) is 1. The summed E-state index contributed by atoms with van der Waals surface area (Å²) in [4.78, 5) is 48.4. The van der Waals surface area contributed by atoms with E-state index in [-0.39, 0.29) is 35.7 Å². The van der Waals surface area contributed by atoms with Crippen molar-refractivity contribution in [1.29, 1.82) is 0 Å². The molecule has 3 amide bonds. The second-order valence-corrected chi connectivity index (χ2v) is 13.6. The van der Waals surface area contributed by atoms with Crippen molar-refractivity contribution in [2.45, 2.75) is 61.2 Å². The van der Waals surface area contributed by atoms with Gasteiger partial charge in [0, 0.05) is 37.6 Å². The Morgan fingerprint density at radius 1 is 1.02 bits per heavy atom. The molecular formula is C35H41BrClN3O5. The Hall–Kier alpha value is -2.98. The molecule has 3 aliphatic heterocycles. The number of carbonyl (C=O) groups excluding carboxylic acids is 3. The normalized spacial score (nSPS) is 26.5. The first kappa shape index (κ1) is 33.4. The molecule has 1 spiro atoms. The van der Waals surface area contributed by atoms with Gasteiger partial charge in [-0.3, -0.25) is 14.4 Å². The highest BCUT2D eigenvalue weighted by Gasteiger charge is 2.76. The van der Waals surface area contributed by atoms with Crippen molar-refractivity contribution >= 4 is 50.9 Å². The van der Waals surface area contributed by atoms with E-state index in [1.165, 1.54) is 0 Å². The first-order valence-corrected chi connectivity index (χ1v) is 16.9. The van der Waals surface area contributed by atoms with Crippen molar-refractivity contribution in [3.8, 4) is 0 Å². The number of amides is 3. The zero-order valence-electron chi connectivity index (χ0n) is 25.4. The van der Waals surface area contributed by atoms with E-state index < -0.39 is 29.6 Å². The lowest BCUT2D eigenvalue weighted by molar-refractivity contribution is -0.145. The zero-order valence-corrected chi connectivity index (χ0v) is 27.7. The number of likely N-dealkylation sites (tertiary alicyclic amines) is 1. The fourth-order valence-corrected chi connectivity index (χ4v) is 8.52. The third-order valence-corrected chi connectivity index (χ3v) is 10.4. The van der Waals surface area contributed by atoms with E-state index in [1.54, 1.807) is 45.1 Å². The molecule has 0 aromatic heterocycles. The monoisotopic (exact) mass is 697 g/mol. The quantitative estimate of drug-likeness (QED) is 0.154. The van der Waals surface area contributed by atoms with Crippen molar-refractivity contribution in [3.63, 3.8) is 0 Å². The molecule has 3 heterocycles. The Bertz CT molecular complexity index is 1410. The molecule has 3 fully saturated rings. The van der Waals surface area contributed by atoms with Crippen LogP contribution in [0.5, 0.6) is 0 Å². The van der Waals surface area contributed by atoms with Gasteiger partial charge in [-0.25, -0.2) is 0 Å². The number of benzene rings is 2. The Balaban J connectivity index is 1.53. The molecule has 45 heavy (non-hydrogen) atoms. The Labute approximate surface area is 278 Å². The van der Waals surface area contributed by atoms with E-state index in [0.717, 1.165) is 18.4 Å². The van der Waals surface area contributed by atoms with E-state index in [9.17, 15) is 19.5 Å². The number of anilines is 1. The van der Waals surface area contributed by atoms with Gasteiger partial charge in [0.1, 0.15) is 11.6 Å². The van der Waals surface area contributed by atoms with E-state index in [1.807, 2.05) is 36.4 Å². The van der Waals surface area contributed by atoms with Gasteiger partial charge in [0.2, 0.25) is 11.8 Å². The van der Waals surface area contributed by atoms with Crippen LogP contribution in [0.25, 0.3) is 0 Å². The summed E-state index contributed by atoms with van der Waals surface area (Å²) in [6.07, 6.45) is 6.11. The van der Waals surface area contributed by atoms with Gasteiger partial charge in [0.25, 0.3) is 5.91 Å². The van der Waals surface area contributed by atoms with Gasteiger partial charge in [-0.15, -0.1) is 13.2 Å². The van der Waals surface area contributed by atoms with Crippen molar-refractivity contribution < 1.29 is 24.2 Å². The number of alkyl halides is 1. The van der Waals surface area contributed by atoms with Crippen LogP contribution in [0.1, 0.15) is 37.7 Å². The average Bonchev–Trinajstić information content (AvgIpc) is 3.63. The molecule has 1 N–H and O–H groups in total. The highest BCUT2D eigenvalue weighted by Crippen LogP contribution is 2.60. The highest BCUT2D eigenvalue weighted by molar-refractivity contribution is 9.09. The van der Waals surface area contributed by atoms with Crippen LogP contribution in [-0.2, 0) is 25.7 Å². The lowest BCUT2D eigenvalue weighted by atomic mass is 9.70. The third-order valence-electron chi connectivity index (χ3n) is 9.21. The van der Waals surface area contributed by atoms with Crippen LogP contribution >= 0.6 is 27.5 Å². The van der Waals surface area contributed by atoms with Crippen molar-refractivity contribution in [1.82, 2.24) is 9.80 Å². The maximum Gasteiger partial charge on any atom is 0.253 e. The van der Waals surface area contributed by atoms with Crippen LogP contribution in [0.15, 0.2) is 79.9 Å². The number of aliphatic hydroxyl groups is 1. The fraction of sp³-hybridized carbons (Fsp3) is 0.457. The van der Waals surface area contributed by atoms with E-state index in [2.05, 4.69) is 29.1 Å². The van der Waals surface area contributed by atoms with Crippen LogP contribution < -0.4 is 4.90 Å². The molecule has 6 atom stereocenters. The average molecular weight is 699 g/mol. The molecule has 2 aromatic carbocycles. The molecule has 0 saturated carbocycles. The molecule has 8 nitrogen and oxygen atoms in total. The number of para-hydroxylation sites is 1. The highest BCUT2D eigenvalue weighted by atomic mass is 79.9. The molecule has 2 aromatic rings. The van der Waals surface area contributed by atoms with Gasteiger partial charge in [-0.2, -0.15) is 0 Å². The predicted octanol–water partition coefficient (Wildman–Crippen LogP) is 5.37. The van der Waals surface area contributed by atoms with Gasteiger partial charge in [0.05, 0.1) is 28.6 Å². The maximum atomic E-state index is 14.8. The Kier molecular flexibility index (Phi) is 10.9. The van der Waals surface area contributed by atoms with Crippen LogP contribution in [0, 0.1) is 11.8 Å². The van der Waals surface area contributed by atoms with E-state index >= 15 is 0 Å². The zero-order chi connectivity index (χ0) is 32.1. The maximum absolute atomic E-state index is 14.8. The molecule has 3 saturated heterocycles. The lowest BCUT2D eigenvalue weighted by Crippen LogP contribution is -2.57. The topological polar surface area (TPSA) is 90.4 Å². The standard InChI is InChI=1S/C35H41BrClN3O5/c1-3-18-38(23-24-14-8-7-9-15-24)32(42)28-29-33(43)40(20-12-5-6-13-21-41)31(35(29)22-25(36)30(28)45-35)34(44)39(19-4-2)27-17-11-10-16-26(27)37/h3-4,7-11,14-17,25,28-31,41H,1-2,5-6,12-13,18-23H2/t25?,28-,29-,30-,31?,35?/m0/s1. The molecule has 240 valence electrons. The van der Waals surface area contributed by atoms with E-state index in [0.29, 0.717) is 49.6 Å². The second kappa shape index (κ2) is 14.6. The van der Waals surface area contributed by atoms with Gasteiger partial charge in [-0.1, -0.05) is 95.0 Å². The second-order valence-electron chi connectivity index (χ2n) is 12.0. The van der Waals surface area contributed by atoms with Gasteiger partial charge in [-0.05, 0) is 37.0 Å². The first-order chi connectivity index (χ1) is 21.8. The number of hydrogen-bond acceptors (Lipinski definition) is 5. The molecule has 2 bridgehead atoms. The summed E-state index contributed by atoms with van der Waals surface area (Å²) in [6, 6.07) is 15.9. The summed E-state index contributed by atoms with van der Waals surface area (Å²) in [5.74, 6) is -2.29. The van der Waals surface area contributed by atoms with Crippen molar-refractivity contribution in [2.24, 2.45) is 11.8 Å².